The van der Waals surface area contributed by atoms with Crippen LogP contribution in [0.15, 0.2) is 36.7 Å². The Balaban J connectivity index is 1.80. The smallest absolute Gasteiger partial charge is 0.335 e. The van der Waals surface area contributed by atoms with E-state index in [-0.39, 0.29) is 5.56 Å². The van der Waals surface area contributed by atoms with Gasteiger partial charge in [-0.05, 0) is 24.1 Å². The van der Waals surface area contributed by atoms with Crippen molar-refractivity contribution in [3.8, 4) is 0 Å². The van der Waals surface area contributed by atoms with Crippen molar-refractivity contribution in [3.05, 3.63) is 53.5 Å². The molecule has 3 rings (SSSR count). The molecule has 1 aromatic carbocycles. The molecular formula is C16H17N5O2. The minimum absolute atomic E-state index is 0.279. The molecule has 0 bridgehead atoms. The maximum Gasteiger partial charge on any atom is 0.335 e. The highest BCUT2D eigenvalue weighted by Crippen LogP contribution is 2.14. The highest BCUT2D eigenvalue weighted by Gasteiger charge is 2.07. The van der Waals surface area contributed by atoms with Crippen LogP contribution in [0, 0.1) is 0 Å². The summed E-state index contributed by atoms with van der Waals surface area (Å²) in [6.07, 6.45) is 3.36. The minimum atomic E-state index is -0.924. The second-order valence-corrected chi connectivity index (χ2v) is 5.21. The van der Waals surface area contributed by atoms with Crippen molar-refractivity contribution in [3.63, 3.8) is 0 Å². The molecule has 0 spiro atoms. The van der Waals surface area contributed by atoms with Gasteiger partial charge >= 0.3 is 5.97 Å². The summed E-state index contributed by atoms with van der Waals surface area (Å²) < 4.78 is 1.66. The van der Waals surface area contributed by atoms with E-state index in [2.05, 4.69) is 27.3 Å². The molecule has 0 fully saturated rings. The molecule has 0 amide bonds. The number of carbonyl (C=O) groups is 1. The van der Waals surface area contributed by atoms with E-state index < -0.39 is 5.97 Å². The van der Waals surface area contributed by atoms with Gasteiger partial charge in [0, 0.05) is 18.3 Å². The average molecular weight is 311 g/mol. The third-order valence-corrected chi connectivity index (χ3v) is 3.49. The van der Waals surface area contributed by atoms with Gasteiger partial charge < -0.3 is 10.4 Å². The number of benzene rings is 1. The van der Waals surface area contributed by atoms with Gasteiger partial charge in [-0.1, -0.05) is 25.5 Å². The van der Waals surface area contributed by atoms with Crippen LogP contribution in [0.1, 0.15) is 35.0 Å². The second kappa shape index (κ2) is 6.43. The molecule has 0 saturated carbocycles. The largest absolute Gasteiger partial charge is 0.478 e. The number of rotatable bonds is 6. The zero-order valence-corrected chi connectivity index (χ0v) is 12.7. The summed E-state index contributed by atoms with van der Waals surface area (Å²) in [5, 5.41) is 16.4. The number of hydrogen-bond donors (Lipinski definition) is 2. The van der Waals surface area contributed by atoms with E-state index in [0.29, 0.717) is 12.3 Å². The predicted octanol–water partition coefficient (Wildman–Crippen LogP) is 2.39. The van der Waals surface area contributed by atoms with E-state index in [1.54, 1.807) is 28.8 Å². The molecule has 0 aliphatic rings. The van der Waals surface area contributed by atoms with Crippen molar-refractivity contribution in [2.75, 3.05) is 5.32 Å². The van der Waals surface area contributed by atoms with Crippen molar-refractivity contribution in [1.82, 2.24) is 19.6 Å². The van der Waals surface area contributed by atoms with Gasteiger partial charge in [-0.25, -0.2) is 9.78 Å². The quantitative estimate of drug-likeness (QED) is 0.726. The number of hydrogen-bond acceptors (Lipinski definition) is 5. The average Bonchev–Trinajstić information content (AvgIpc) is 3.02. The number of carboxylic acid groups (broad SMARTS) is 1. The SMILES string of the molecule is CCCc1cc(NCc2ccc(C(=O)O)cc2)n2ncnc2n1. The fourth-order valence-corrected chi connectivity index (χ4v) is 2.33. The monoisotopic (exact) mass is 311 g/mol. The minimum Gasteiger partial charge on any atom is -0.478 e. The number of nitrogens with zero attached hydrogens (tertiary/aromatic N) is 4. The zero-order chi connectivity index (χ0) is 16.2. The molecule has 0 radical (unpaired) electrons. The fourth-order valence-electron chi connectivity index (χ4n) is 2.33. The molecule has 0 saturated heterocycles. The van der Waals surface area contributed by atoms with Gasteiger partial charge in [0.2, 0.25) is 0 Å². The van der Waals surface area contributed by atoms with Gasteiger partial charge in [-0.15, -0.1) is 0 Å². The van der Waals surface area contributed by atoms with Crippen molar-refractivity contribution in [2.45, 2.75) is 26.3 Å². The van der Waals surface area contributed by atoms with Gasteiger partial charge in [-0.2, -0.15) is 14.6 Å². The van der Waals surface area contributed by atoms with Crippen molar-refractivity contribution >= 4 is 17.6 Å². The first-order valence-corrected chi connectivity index (χ1v) is 7.43. The molecule has 7 nitrogen and oxygen atoms in total. The van der Waals surface area contributed by atoms with E-state index in [9.17, 15) is 4.79 Å². The lowest BCUT2D eigenvalue weighted by molar-refractivity contribution is 0.0697. The van der Waals surface area contributed by atoms with Crippen molar-refractivity contribution in [1.29, 1.82) is 0 Å². The Kier molecular flexibility index (Phi) is 4.18. The Hall–Kier alpha value is -2.96. The van der Waals surface area contributed by atoms with Crippen LogP contribution in [0.3, 0.4) is 0 Å². The van der Waals surface area contributed by atoms with Crippen molar-refractivity contribution in [2.24, 2.45) is 0 Å². The lowest BCUT2D eigenvalue weighted by Gasteiger charge is -2.10. The highest BCUT2D eigenvalue weighted by atomic mass is 16.4. The molecule has 0 unspecified atom stereocenters. The van der Waals surface area contributed by atoms with E-state index in [4.69, 9.17) is 5.11 Å². The van der Waals surface area contributed by atoms with E-state index >= 15 is 0 Å². The lowest BCUT2D eigenvalue weighted by atomic mass is 10.1. The van der Waals surface area contributed by atoms with Crippen LogP contribution >= 0.6 is 0 Å². The molecule has 0 aliphatic heterocycles. The summed E-state index contributed by atoms with van der Waals surface area (Å²) in [4.78, 5) is 19.5. The number of nitrogens with one attached hydrogen (secondary N) is 1. The van der Waals surface area contributed by atoms with Crippen LogP contribution in [-0.4, -0.2) is 30.7 Å². The van der Waals surface area contributed by atoms with Gasteiger partial charge in [0.25, 0.3) is 5.78 Å². The number of aryl methyl sites for hydroxylation is 1. The van der Waals surface area contributed by atoms with Crippen LogP contribution < -0.4 is 5.32 Å². The van der Waals surface area contributed by atoms with E-state index in [1.807, 2.05) is 6.07 Å². The molecule has 2 heterocycles. The summed E-state index contributed by atoms with van der Waals surface area (Å²) in [6, 6.07) is 8.75. The maximum absolute atomic E-state index is 10.9. The summed E-state index contributed by atoms with van der Waals surface area (Å²) in [5.74, 6) is 0.463. The van der Waals surface area contributed by atoms with Crippen LogP contribution in [-0.2, 0) is 13.0 Å². The second-order valence-electron chi connectivity index (χ2n) is 5.21. The predicted molar refractivity (Wildman–Crippen MR) is 85.5 cm³/mol. The topological polar surface area (TPSA) is 92.4 Å². The summed E-state index contributed by atoms with van der Waals surface area (Å²) >= 11 is 0. The summed E-state index contributed by atoms with van der Waals surface area (Å²) in [5.41, 5.74) is 2.23. The van der Waals surface area contributed by atoms with Crippen LogP contribution in [0.25, 0.3) is 5.78 Å². The number of aromatic carboxylic acids is 1. The Morgan fingerprint density at radius 2 is 2.09 bits per heavy atom. The maximum atomic E-state index is 10.9. The Bertz CT molecular complexity index is 826. The first-order valence-electron chi connectivity index (χ1n) is 7.43. The molecule has 2 aromatic heterocycles. The number of fused-ring (bicyclic) bond motifs is 1. The molecule has 2 N–H and O–H groups in total. The Morgan fingerprint density at radius 1 is 1.30 bits per heavy atom. The van der Waals surface area contributed by atoms with Crippen LogP contribution in [0.5, 0.6) is 0 Å². The standard InChI is InChI=1S/C16H17N5O2/c1-2-3-13-8-14(21-16(20-13)18-10-19-21)17-9-11-4-6-12(7-5-11)15(22)23/h4-8,10,17H,2-3,9H2,1H3,(H,22,23). The fraction of sp³-hybridized carbons (Fsp3) is 0.250. The third-order valence-electron chi connectivity index (χ3n) is 3.49. The molecule has 0 atom stereocenters. The van der Waals surface area contributed by atoms with Crippen molar-refractivity contribution < 1.29 is 9.90 Å². The molecule has 3 aromatic rings. The lowest BCUT2D eigenvalue weighted by Crippen LogP contribution is -2.08. The molecule has 118 valence electrons. The highest BCUT2D eigenvalue weighted by molar-refractivity contribution is 5.87. The first-order chi connectivity index (χ1) is 11.2. The number of carboxylic acids is 1. The van der Waals surface area contributed by atoms with Crippen LogP contribution in [0.2, 0.25) is 0 Å². The molecule has 0 aliphatic carbocycles. The Labute approximate surface area is 133 Å². The van der Waals surface area contributed by atoms with E-state index in [0.717, 1.165) is 29.9 Å². The first kappa shape index (κ1) is 15.0. The third kappa shape index (κ3) is 3.28. The Morgan fingerprint density at radius 3 is 2.78 bits per heavy atom. The number of anilines is 1. The normalized spacial score (nSPS) is 10.8. The van der Waals surface area contributed by atoms with Gasteiger partial charge in [0.05, 0.1) is 5.56 Å². The molecule has 23 heavy (non-hydrogen) atoms. The molecular weight excluding hydrogens is 294 g/mol. The van der Waals surface area contributed by atoms with Gasteiger partial charge in [-0.3, -0.25) is 0 Å². The zero-order valence-electron chi connectivity index (χ0n) is 12.7. The van der Waals surface area contributed by atoms with Gasteiger partial charge in [0.1, 0.15) is 12.1 Å². The molecule has 7 heteroatoms. The number of aromatic nitrogens is 4. The summed E-state index contributed by atoms with van der Waals surface area (Å²) in [7, 11) is 0. The van der Waals surface area contributed by atoms with Gasteiger partial charge in [0.15, 0.2) is 0 Å². The van der Waals surface area contributed by atoms with Crippen LogP contribution in [0.4, 0.5) is 5.82 Å². The summed E-state index contributed by atoms with van der Waals surface area (Å²) in [6.45, 7) is 2.66. The van der Waals surface area contributed by atoms with E-state index in [1.165, 1.54) is 6.33 Å².